The number of ether oxygens (including phenoxy) is 1. The molecule has 1 heterocycles. The summed E-state index contributed by atoms with van der Waals surface area (Å²) in [5, 5.41) is 0. The van der Waals surface area contributed by atoms with E-state index in [4.69, 9.17) is 4.74 Å². The summed E-state index contributed by atoms with van der Waals surface area (Å²) in [6, 6.07) is 8.35. The third kappa shape index (κ3) is 3.19. The summed E-state index contributed by atoms with van der Waals surface area (Å²) in [6.45, 7) is 1.81. The minimum absolute atomic E-state index is 0.231. The highest BCUT2D eigenvalue weighted by molar-refractivity contribution is 8.19. The lowest BCUT2D eigenvalue weighted by molar-refractivity contribution is -0.142. The third-order valence-corrected chi connectivity index (χ3v) is 5.42. The van der Waals surface area contributed by atoms with Crippen LogP contribution in [0.15, 0.2) is 24.3 Å². The summed E-state index contributed by atoms with van der Waals surface area (Å²) in [5.74, 6) is 2.25. The zero-order valence-corrected chi connectivity index (χ0v) is 10.8. The van der Waals surface area contributed by atoms with Crippen molar-refractivity contribution in [3.63, 3.8) is 0 Å². The molecule has 2 nitrogen and oxygen atoms in total. The number of thioether (sulfide) groups is 2. The fourth-order valence-electron chi connectivity index (χ4n) is 1.51. The summed E-state index contributed by atoms with van der Waals surface area (Å²) in [4.78, 5) is 10.7. The Morgan fingerprint density at radius 3 is 2.50 bits per heavy atom. The molecular formula is C12H14O2S2. The normalized spacial score (nSPS) is 16.3. The number of benzene rings is 1. The molecule has 0 aromatic heterocycles. The Morgan fingerprint density at radius 2 is 1.94 bits per heavy atom. The average Bonchev–Trinajstić information content (AvgIpc) is 2.80. The second kappa shape index (κ2) is 5.64. The molecule has 1 aliphatic heterocycles. The van der Waals surface area contributed by atoms with Crippen LogP contribution in [0.3, 0.4) is 0 Å². The molecule has 1 saturated heterocycles. The molecule has 1 fully saturated rings. The molecule has 0 saturated carbocycles. The lowest BCUT2D eigenvalue weighted by Gasteiger charge is -2.09. The van der Waals surface area contributed by atoms with Crippen molar-refractivity contribution in [3.05, 3.63) is 35.4 Å². The van der Waals surface area contributed by atoms with Gasteiger partial charge >= 0.3 is 5.97 Å². The lowest BCUT2D eigenvalue weighted by Crippen LogP contribution is -1.98. The number of hydrogen-bond acceptors (Lipinski definition) is 4. The molecule has 86 valence electrons. The summed E-state index contributed by atoms with van der Waals surface area (Å²) in [5.41, 5.74) is 2.41. The van der Waals surface area contributed by atoms with E-state index in [0.717, 1.165) is 5.56 Å². The molecule has 0 bridgehead atoms. The van der Waals surface area contributed by atoms with Crippen molar-refractivity contribution in [2.24, 2.45) is 0 Å². The number of carbonyl (C=O) groups excluding carboxylic acids is 1. The van der Waals surface area contributed by atoms with Gasteiger partial charge in [0.1, 0.15) is 6.61 Å². The van der Waals surface area contributed by atoms with Gasteiger partial charge in [0.25, 0.3) is 0 Å². The maximum absolute atomic E-state index is 10.7. The minimum atomic E-state index is -0.231. The quantitative estimate of drug-likeness (QED) is 0.774. The van der Waals surface area contributed by atoms with Gasteiger partial charge in [0.15, 0.2) is 0 Å². The molecule has 4 heteroatoms. The maximum Gasteiger partial charge on any atom is 0.302 e. The van der Waals surface area contributed by atoms with Gasteiger partial charge < -0.3 is 4.74 Å². The van der Waals surface area contributed by atoms with Crippen LogP contribution in [0.25, 0.3) is 0 Å². The van der Waals surface area contributed by atoms with Crippen LogP contribution in [-0.4, -0.2) is 17.5 Å². The van der Waals surface area contributed by atoms with Crippen molar-refractivity contribution in [1.29, 1.82) is 0 Å². The average molecular weight is 254 g/mol. The van der Waals surface area contributed by atoms with Gasteiger partial charge in [-0.25, -0.2) is 0 Å². The van der Waals surface area contributed by atoms with Crippen molar-refractivity contribution >= 4 is 29.5 Å². The van der Waals surface area contributed by atoms with Gasteiger partial charge in [-0.2, -0.15) is 0 Å². The minimum Gasteiger partial charge on any atom is -0.461 e. The predicted molar refractivity (Wildman–Crippen MR) is 69.6 cm³/mol. The fourth-order valence-corrected chi connectivity index (χ4v) is 4.37. The molecule has 1 aliphatic rings. The van der Waals surface area contributed by atoms with E-state index >= 15 is 0 Å². The summed E-state index contributed by atoms with van der Waals surface area (Å²) < 4.78 is 5.53. The molecule has 1 aromatic rings. The number of rotatable bonds is 3. The van der Waals surface area contributed by atoms with Gasteiger partial charge in [0.2, 0.25) is 0 Å². The molecule has 16 heavy (non-hydrogen) atoms. The number of esters is 1. The van der Waals surface area contributed by atoms with E-state index in [1.165, 1.54) is 24.0 Å². The summed E-state index contributed by atoms with van der Waals surface area (Å²) in [6.07, 6.45) is 0. The smallest absolute Gasteiger partial charge is 0.302 e. The van der Waals surface area contributed by atoms with Crippen LogP contribution in [0.1, 0.15) is 22.6 Å². The highest BCUT2D eigenvalue weighted by Crippen LogP contribution is 2.45. The predicted octanol–water partition coefficient (Wildman–Crippen LogP) is 3.23. The highest BCUT2D eigenvalue weighted by Gasteiger charge is 2.17. The van der Waals surface area contributed by atoms with E-state index in [9.17, 15) is 4.79 Å². The number of carbonyl (C=O) groups is 1. The Kier molecular flexibility index (Phi) is 4.18. The van der Waals surface area contributed by atoms with Crippen LogP contribution >= 0.6 is 23.5 Å². The Balaban J connectivity index is 1.95. The van der Waals surface area contributed by atoms with Crippen LogP contribution in [-0.2, 0) is 16.1 Å². The first kappa shape index (κ1) is 11.9. The van der Waals surface area contributed by atoms with Gasteiger partial charge in [-0.3, -0.25) is 4.79 Å². The first-order valence-corrected chi connectivity index (χ1v) is 7.31. The van der Waals surface area contributed by atoms with Crippen LogP contribution in [0.5, 0.6) is 0 Å². The molecule has 0 radical (unpaired) electrons. The van der Waals surface area contributed by atoms with E-state index in [1.807, 2.05) is 35.7 Å². The van der Waals surface area contributed by atoms with E-state index < -0.39 is 0 Å². The lowest BCUT2D eigenvalue weighted by atomic mass is 10.2. The van der Waals surface area contributed by atoms with Gasteiger partial charge in [-0.05, 0) is 11.1 Å². The third-order valence-electron chi connectivity index (χ3n) is 2.32. The molecule has 0 atom stereocenters. The van der Waals surface area contributed by atoms with Gasteiger partial charge in [0, 0.05) is 18.4 Å². The second-order valence-corrected chi connectivity index (χ2v) is 6.32. The summed E-state index contributed by atoms with van der Waals surface area (Å²) in [7, 11) is 0. The van der Waals surface area contributed by atoms with Crippen LogP contribution < -0.4 is 0 Å². The van der Waals surface area contributed by atoms with Crippen molar-refractivity contribution in [2.45, 2.75) is 18.1 Å². The molecule has 1 aromatic carbocycles. The van der Waals surface area contributed by atoms with Crippen molar-refractivity contribution in [3.8, 4) is 0 Å². The second-order valence-electron chi connectivity index (χ2n) is 3.60. The van der Waals surface area contributed by atoms with Crippen molar-refractivity contribution in [2.75, 3.05) is 11.5 Å². The molecule has 0 unspecified atom stereocenters. The topological polar surface area (TPSA) is 26.3 Å². The van der Waals surface area contributed by atoms with Crippen molar-refractivity contribution < 1.29 is 9.53 Å². The Morgan fingerprint density at radius 1 is 1.31 bits per heavy atom. The van der Waals surface area contributed by atoms with Gasteiger partial charge in [-0.15, -0.1) is 23.5 Å². The molecule has 0 aliphatic carbocycles. The van der Waals surface area contributed by atoms with Crippen LogP contribution in [0, 0.1) is 0 Å². The maximum atomic E-state index is 10.7. The van der Waals surface area contributed by atoms with E-state index in [0.29, 0.717) is 11.2 Å². The van der Waals surface area contributed by atoms with Crippen LogP contribution in [0.2, 0.25) is 0 Å². The molecule has 0 spiro atoms. The monoisotopic (exact) mass is 254 g/mol. The molecule has 2 rings (SSSR count). The largest absolute Gasteiger partial charge is 0.461 e. The molecule has 0 amide bonds. The molecule has 0 N–H and O–H groups in total. The van der Waals surface area contributed by atoms with Gasteiger partial charge in [0.05, 0.1) is 4.58 Å². The zero-order chi connectivity index (χ0) is 11.4. The number of hydrogen-bond donors (Lipinski definition) is 0. The van der Waals surface area contributed by atoms with E-state index in [1.54, 1.807) is 0 Å². The molecular weight excluding hydrogens is 240 g/mol. The fraction of sp³-hybridized carbons (Fsp3) is 0.417. The highest BCUT2D eigenvalue weighted by atomic mass is 32.2. The SMILES string of the molecule is CC(=O)OCc1ccc(C2SCCS2)cc1. The van der Waals surface area contributed by atoms with E-state index in [-0.39, 0.29) is 5.97 Å². The van der Waals surface area contributed by atoms with Gasteiger partial charge in [-0.1, -0.05) is 24.3 Å². The first-order chi connectivity index (χ1) is 7.75. The Hall–Kier alpha value is -0.610. The van der Waals surface area contributed by atoms with E-state index in [2.05, 4.69) is 12.1 Å². The summed E-state index contributed by atoms with van der Waals surface area (Å²) >= 11 is 3.99. The van der Waals surface area contributed by atoms with Crippen molar-refractivity contribution in [1.82, 2.24) is 0 Å². The Bertz CT molecular complexity index is 356. The first-order valence-electron chi connectivity index (χ1n) is 5.21. The standard InChI is InChI=1S/C12H14O2S2/c1-9(13)14-8-10-2-4-11(5-3-10)12-15-6-7-16-12/h2-5,12H,6-8H2,1H3. The Labute approximate surface area is 104 Å². The zero-order valence-electron chi connectivity index (χ0n) is 9.14. The van der Waals surface area contributed by atoms with Crippen LogP contribution in [0.4, 0.5) is 0 Å².